The molecule has 2 aromatic carbocycles. The summed E-state index contributed by atoms with van der Waals surface area (Å²) in [5.74, 6) is -0.205. The quantitative estimate of drug-likeness (QED) is 0.765. The van der Waals surface area contributed by atoms with Gasteiger partial charge in [0, 0.05) is 5.02 Å². The highest BCUT2D eigenvalue weighted by Gasteiger charge is 2.46. The molecule has 2 bridgehead atoms. The minimum absolute atomic E-state index is 0.0126. The molecule has 132 valence electrons. The number of Topliss-reactive ketones (excluding diaryl/α,β-unsaturated/α-hetero) is 1. The average molecular weight is 367 g/mol. The van der Waals surface area contributed by atoms with Gasteiger partial charge in [0.05, 0.1) is 5.57 Å². The van der Waals surface area contributed by atoms with Crippen LogP contribution in [0, 0.1) is 0 Å². The third-order valence-electron chi connectivity index (χ3n) is 5.11. The van der Waals surface area contributed by atoms with Crippen molar-refractivity contribution in [1.82, 2.24) is 0 Å². The van der Waals surface area contributed by atoms with Crippen molar-refractivity contribution < 1.29 is 14.6 Å². The van der Waals surface area contributed by atoms with Gasteiger partial charge < -0.3 is 9.84 Å². The Morgan fingerprint density at radius 1 is 1.15 bits per heavy atom. The van der Waals surface area contributed by atoms with E-state index in [1.807, 2.05) is 43.3 Å². The first kappa shape index (κ1) is 17.1. The largest absolute Gasteiger partial charge is 0.508 e. The van der Waals surface area contributed by atoms with Gasteiger partial charge in [0.2, 0.25) is 0 Å². The molecule has 0 saturated heterocycles. The van der Waals surface area contributed by atoms with Crippen molar-refractivity contribution >= 4 is 23.0 Å². The summed E-state index contributed by atoms with van der Waals surface area (Å²) in [7, 11) is 0. The first-order valence-electron chi connectivity index (χ1n) is 8.67. The van der Waals surface area contributed by atoms with Gasteiger partial charge in [-0.2, -0.15) is 0 Å². The summed E-state index contributed by atoms with van der Waals surface area (Å²) in [5, 5.41) is 11.4. The molecule has 0 fully saturated rings. The molecule has 2 atom stereocenters. The van der Waals surface area contributed by atoms with Crippen molar-refractivity contribution in [3.05, 3.63) is 76.5 Å². The van der Waals surface area contributed by atoms with Crippen LogP contribution in [-0.4, -0.2) is 22.6 Å². The standard InChI is InChI=1S/C22H19ClO3/c1-3-13-12-15(14-4-7-16(23)8-5-14)6-9-17(13)19-20(24)18-10-11-22(2,26-18)21(19)25/h4-12,18,25H,3H2,1-2H3/t18-,22-/m1/s1. The van der Waals surface area contributed by atoms with E-state index in [-0.39, 0.29) is 11.5 Å². The molecule has 0 aliphatic carbocycles. The molecule has 1 N–H and O–H groups in total. The van der Waals surface area contributed by atoms with Gasteiger partial charge in [0.15, 0.2) is 5.78 Å². The summed E-state index contributed by atoms with van der Waals surface area (Å²) < 4.78 is 5.66. The number of ether oxygens (including phenoxy) is 1. The second kappa shape index (κ2) is 6.11. The Balaban J connectivity index is 1.83. The maximum absolute atomic E-state index is 12.8. The molecule has 3 nitrogen and oxygen atoms in total. The van der Waals surface area contributed by atoms with Gasteiger partial charge >= 0.3 is 0 Å². The van der Waals surface area contributed by atoms with E-state index in [4.69, 9.17) is 16.3 Å². The molecule has 0 spiro atoms. The van der Waals surface area contributed by atoms with Crippen molar-refractivity contribution in [2.75, 3.05) is 0 Å². The van der Waals surface area contributed by atoms with E-state index in [1.54, 1.807) is 19.1 Å². The lowest BCUT2D eigenvalue weighted by atomic mass is 9.86. The molecular formula is C22H19ClO3. The van der Waals surface area contributed by atoms with E-state index in [0.717, 1.165) is 28.7 Å². The van der Waals surface area contributed by atoms with Crippen LogP contribution in [0.1, 0.15) is 25.0 Å². The number of benzene rings is 2. The van der Waals surface area contributed by atoms with Crippen LogP contribution >= 0.6 is 11.6 Å². The Labute approximate surface area is 157 Å². The number of fused-ring (bicyclic) bond motifs is 2. The fraction of sp³-hybridized carbons (Fsp3) is 0.227. The Morgan fingerprint density at radius 2 is 1.85 bits per heavy atom. The van der Waals surface area contributed by atoms with Gasteiger partial charge in [-0.25, -0.2) is 0 Å². The van der Waals surface area contributed by atoms with Gasteiger partial charge in [-0.15, -0.1) is 0 Å². The number of aryl methyl sites for hydroxylation is 1. The second-order valence-electron chi connectivity index (χ2n) is 6.82. The lowest BCUT2D eigenvalue weighted by Crippen LogP contribution is -2.38. The highest BCUT2D eigenvalue weighted by molar-refractivity contribution is 6.30. The molecule has 2 aromatic rings. The Morgan fingerprint density at radius 3 is 2.54 bits per heavy atom. The molecule has 0 amide bonds. The van der Waals surface area contributed by atoms with Crippen LogP contribution in [0.15, 0.2) is 60.4 Å². The van der Waals surface area contributed by atoms with Crippen LogP contribution in [-0.2, 0) is 16.0 Å². The topological polar surface area (TPSA) is 46.5 Å². The zero-order valence-corrected chi connectivity index (χ0v) is 15.4. The van der Waals surface area contributed by atoms with E-state index in [0.29, 0.717) is 10.6 Å². The number of aliphatic hydroxyl groups excluding tert-OH is 1. The highest BCUT2D eigenvalue weighted by Crippen LogP contribution is 2.42. The predicted molar refractivity (Wildman–Crippen MR) is 103 cm³/mol. The number of halogens is 1. The van der Waals surface area contributed by atoms with Crippen LogP contribution in [0.4, 0.5) is 0 Å². The van der Waals surface area contributed by atoms with E-state index in [9.17, 15) is 9.90 Å². The number of hydrogen-bond donors (Lipinski definition) is 1. The summed E-state index contributed by atoms with van der Waals surface area (Å²) >= 11 is 5.97. The molecule has 4 rings (SSSR count). The molecule has 26 heavy (non-hydrogen) atoms. The van der Waals surface area contributed by atoms with Gasteiger partial charge in [0.25, 0.3) is 0 Å². The van der Waals surface area contributed by atoms with Crippen LogP contribution in [0.2, 0.25) is 5.02 Å². The normalized spacial score (nSPS) is 24.4. The number of ketones is 1. The maximum atomic E-state index is 12.8. The van der Waals surface area contributed by atoms with Gasteiger partial charge in [-0.3, -0.25) is 4.79 Å². The summed E-state index contributed by atoms with van der Waals surface area (Å²) in [6.45, 7) is 3.82. The molecular weight excluding hydrogens is 348 g/mol. The van der Waals surface area contributed by atoms with E-state index >= 15 is 0 Å². The number of carbonyl (C=O) groups excluding carboxylic acids is 1. The van der Waals surface area contributed by atoms with Crippen molar-refractivity contribution in [3.8, 4) is 11.1 Å². The Hall–Kier alpha value is -2.36. The van der Waals surface area contributed by atoms with Crippen LogP contribution < -0.4 is 0 Å². The minimum Gasteiger partial charge on any atom is -0.508 e. The first-order chi connectivity index (χ1) is 12.4. The van der Waals surface area contributed by atoms with Gasteiger partial charge in [0.1, 0.15) is 17.5 Å². The van der Waals surface area contributed by atoms with Crippen LogP contribution in [0.3, 0.4) is 0 Å². The van der Waals surface area contributed by atoms with Crippen molar-refractivity contribution in [2.24, 2.45) is 0 Å². The summed E-state index contributed by atoms with van der Waals surface area (Å²) in [5.41, 5.74) is 3.34. The monoisotopic (exact) mass is 366 g/mol. The fourth-order valence-electron chi connectivity index (χ4n) is 3.61. The summed E-state index contributed by atoms with van der Waals surface area (Å²) in [4.78, 5) is 12.8. The molecule has 2 aliphatic heterocycles. The number of hydrogen-bond acceptors (Lipinski definition) is 3. The SMILES string of the molecule is CCc1cc(-c2ccc(Cl)cc2)ccc1C1=C(O)[C@@]2(C)C=C[C@@H](O2)C1=O. The molecule has 0 saturated carbocycles. The second-order valence-corrected chi connectivity index (χ2v) is 7.26. The third-order valence-corrected chi connectivity index (χ3v) is 5.36. The van der Waals surface area contributed by atoms with Crippen molar-refractivity contribution in [2.45, 2.75) is 32.0 Å². The molecule has 4 heteroatoms. The van der Waals surface area contributed by atoms with Crippen molar-refractivity contribution in [3.63, 3.8) is 0 Å². The Bertz CT molecular complexity index is 956. The summed E-state index contributed by atoms with van der Waals surface area (Å²) in [6.07, 6.45) is 3.60. The van der Waals surface area contributed by atoms with E-state index < -0.39 is 11.7 Å². The minimum atomic E-state index is -0.923. The molecule has 2 heterocycles. The highest BCUT2D eigenvalue weighted by atomic mass is 35.5. The molecule has 0 radical (unpaired) electrons. The predicted octanol–water partition coefficient (Wildman–Crippen LogP) is 5.13. The van der Waals surface area contributed by atoms with Crippen LogP contribution in [0.5, 0.6) is 0 Å². The maximum Gasteiger partial charge on any atom is 0.199 e. The molecule has 0 aromatic heterocycles. The number of carbonyl (C=O) groups is 1. The van der Waals surface area contributed by atoms with Crippen LogP contribution in [0.25, 0.3) is 16.7 Å². The lowest BCUT2D eigenvalue weighted by Gasteiger charge is -2.31. The first-order valence-corrected chi connectivity index (χ1v) is 9.05. The van der Waals surface area contributed by atoms with Gasteiger partial charge in [-0.1, -0.05) is 48.9 Å². The van der Waals surface area contributed by atoms with E-state index in [2.05, 4.69) is 6.07 Å². The smallest absolute Gasteiger partial charge is 0.199 e. The van der Waals surface area contributed by atoms with Gasteiger partial charge in [-0.05, 0) is 59.9 Å². The van der Waals surface area contributed by atoms with Crippen molar-refractivity contribution in [1.29, 1.82) is 0 Å². The Kier molecular flexibility index (Phi) is 4.02. The molecule has 2 aliphatic rings. The number of aliphatic hydroxyl groups is 1. The lowest BCUT2D eigenvalue weighted by molar-refractivity contribution is -0.128. The fourth-order valence-corrected chi connectivity index (χ4v) is 3.73. The van der Waals surface area contributed by atoms with E-state index in [1.165, 1.54) is 0 Å². The zero-order chi connectivity index (χ0) is 18.5. The average Bonchev–Trinajstić information content (AvgIpc) is 3.02. The zero-order valence-electron chi connectivity index (χ0n) is 14.6. The number of rotatable bonds is 3. The molecule has 0 unspecified atom stereocenters. The summed E-state index contributed by atoms with van der Waals surface area (Å²) in [6, 6.07) is 13.6. The third kappa shape index (κ3) is 2.59.